The van der Waals surface area contributed by atoms with Crippen LogP contribution in [0.25, 0.3) is 0 Å². The van der Waals surface area contributed by atoms with Crippen molar-refractivity contribution in [3.05, 3.63) is 67.9 Å². The number of nitrogens with two attached hydrogens (primary N) is 1. The molecule has 0 aromatic heterocycles. The lowest BCUT2D eigenvalue weighted by atomic mass is 9.89. The minimum atomic E-state index is -1.11. The van der Waals surface area contributed by atoms with E-state index in [4.69, 9.17) is 28.9 Å². The van der Waals surface area contributed by atoms with Gasteiger partial charge in [0.2, 0.25) is 0 Å². The van der Waals surface area contributed by atoms with Crippen LogP contribution in [0.15, 0.2) is 40.9 Å². The van der Waals surface area contributed by atoms with Gasteiger partial charge in [-0.2, -0.15) is 0 Å². The minimum absolute atomic E-state index is 0.120. The highest BCUT2D eigenvalue weighted by molar-refractivity contribution is 9.10. The average Bonchev–Trinajstić information content (AvgIpc) is 2.44. The molecular formula is C15H13BrCl2FNO. The second kappa shape index (κ2) is 7.07. The van der Waals surface area contributed by atoms with Gasteiger partial charge in [-0.15, -0.1) is 0 Å². The molecule has 0 amide bonds. The second-order valence-electron chi connectivity index (χ2n) is 4.62. The van der Waals surface area contributed by atoms with Crippen LogP contribution >= 0.6 is 39.1 Å². The molecule has 0 spiro atoms. The van der Waals surface area contributed by atoms with Crippen molar-refractivity contribution in [3.63, 3.8) is 0 Å². The fraction of sp³-hybridized carbons (Fsp3) is 0.200. The summed E-state index contributed by atoms with van der Waals surface area (Å²) in [5, 5.41) is 11.4. The van der Waals surface area contributed by atoms with Crippen molar-refractivity contribution in [2.45, 2.75) is 12.0 Å². The minimum Gasteiger partial charge on any atom is -0.388 e. The number of rotatable bonds is 4. The Kier molecular flexibility index (Phi) is 5.63. The molecule has 21 heavy (non-hydrogen) atoms. The van der Waals surface area contributed by atoms with E-state index in [9.17, 15) is 9.50 Å². The third-order valence-corrected chi connectivity index (χ3v) is 4.33. The molecule has 2 atom stereocenters. The van der Waals surface area contributed by atoms with Crippen LogP contribution in [0.4, 0.5) is 4.39 Å². The van der Waals surface area contributed by atoms with Crippen LogP contribution in [0.5, 0.6) is 0 Å². The van der Waals surface area contributed by atoms with Gasteiger partial charge in [-0.25, -0.2) is 4.39 Å². The predicted octanol–water partition coefficient (Wildman–Crippen LogP) is 4.67. The summed E-state index contributed by atoms with van der Waals surface area (Å²) in [6, 6.07) is 9.33. The van der Waals surface area contributed by atoms with Crippen molar-refractivity contribution in [1.82, 2.24) is 0 Å². The number of benzene rings is 2. The standard InChI is InChI=1S/C15H13BrCl2FNO/c16-8-1-4-14(19)11(5-8)15(21)12(7-20)10-3-2-9(17)6-13(10)18/h1-6,12,15,21H,7,20H2. The van der Waals surface area contributed by atoms with Gasteiger partial charge < -0.3 is 10.8 Å². The van der Waals surface area contributed by atoms with Crippen LogP contribution in [-0.4, -0.2) is 11.7 Å². The van der Waals surface area contributed by atoms with Gasteiger partial charge in [0.25, 0.3) is 0 Å². The largest absolute Gasteiger partial charge is 0.388 e. The maximum Gasteiger partial charge on any atom is 0.129 e. The molecule has 0 bridgehead atoms. The lowest BCUT2D eigenvalue weighted by Crippen LogP contribution is -2.21. The summed E-state index contributed by atoms with van der Waals surface area (Å²) in [7, 11) is 0. The molecule has 2 rings (SSSR count). The van der Waals surface area contributed by atoms with Crippen molar-refractivity contribution in [3.8, 4) is 0 Å². The topological polar surface area (TPSA) is 46.2 Å². The summed E-state index contributed by atoms with van der Waals surface area (Å²) < 4.78 is 14.6. The maximum atomic E-state index is 13.9. The van der Waals surface area contributed by atoms with Gasteiger partial charge in [-0.1, -0.05) is 45.2 Å². The van der Waals surface area contributed by atoms with E-state index in [0.717, 1.165) is 0 Å². The summed E-state index contributed by atoms with van der Waals surface area (Å²) in [5.41, 5.74) is 6.56. The Bertz CT molecular complexity index is 654. The van der Waals surface area contributed by atoms with E-state index >= 15 is 0 Å². The van der Waals surface area contributed by atoms with Crippen molar-refractivity contribution >= 4 is 39.1 Å². The van der Waals surface area contributed by atoms with Crippen LogP contribution in [0, 0.1) is 5.82 Å². The zero-order valence-corrected chi connectivity index (χ0v) is 14.0. The number of aliphatic hydroxyl groups is 1. The molecule has 0 aliphatic carbocycles. The number of hydrogen-bond donors (Lipinski definition) is 2. The van der Waals surface area contributed by atoms with Gasteiger partial charge in [-0.3, -0.25) is 0 Å². The predicted molar refractivity (Wildman–Crippen MR) is 87.3 cm³/mol. The molecule has 2 aromatic carbocycles. The van der Waals surface area contributed by atoms with Gasteiger partial charge >= 0.3 is 0 Å². The van der Waals surface area contributed by atoms with Gasteiger partial charge in [-0.05, 0) is 35.9 Å². The van der Waals surface area contributed by atoms with E-state index in [-0.39, 0.29) is 12.1 Å². The van der Waals surface area contributed by atoms with E-state index in [0.29, 0.717) is 20.1 Å². The molecule has 0 saturated heterocycles. The van der Waals surface area contributed by atoms with E-state index in [1.807, 2.05) is 0 Å². The maximum absolute atomic E-state index is 13.9. The van der Waals surface area contributed by atoms with E-state index in [2.05, 4.69) is 15.9 Å². The normalized spacial score (nSPS) is 14.0. The Morgan fingerprint density at radius 2 is 1.86 bits per heavy atom. The summed E-state index contributed by atoms with van der Waals surface area (Å²) in [5.74, 6) is -1.02. The first-order valence-corrected chi connectivity index (χ1v) is 7.77. The van der Waals surface area contributed by atoms with Crippen LogP contribution in [0.2, 0.25) is 10.0 Å². The molecule has 0 fully saturated rings. The zero-order valence-electron chi connectivity index (χ0n) is 10.9. The van der Waals surface area contributed by atoms with E-state index in [1.54, 1.807) is 24.3 Å². The monoisotopic (exact) mass is 391 g/mol. The SMILES string of the molecule is NCC(c1ccc(Cl)cc1Cl)C(O)c1cc(Br)ccc1F. The molecule has 0 saturated carbocycles. The highest BCUT2D eigenvalue weighted by Crippen LogP contribution is 2.36. The lowest BCUT2D eigenvalue weighted by Gasteiger charge is -2.24. The molecule has 0 heterocycles. The summed E-state index contributed by atoms with van der Waals surface area (Å²) in [6.07, 6.45) is -1.11. The fourth-order valence-corrected chi connectivity index (χ4v) is 3.11. The molecule has 2 nitrogen and oxygen atoms in total. The van der Waals surface area contributed by atoms with Gasteiger partial charge in [0.1, 0.15) is 5.82 Å². The highest BCUT2D eigenvalue weighted by atomic mass is 79.9. The Hall–Kier alpha value is -0.650. The number of hydrogen-bond acceptors (Lipinski definition) is 2. The number of aliphatic hydroxyl groups excluding tert-OH is 1. The van der Waals surface area contributed by atoms with Crippen molar-refractivity contribution in [2.75, 3.05) is 6.54 Å². The Morgan fingerprint density at radius 3 is 2.48 bits per heavy atom. The van der Waals surface area contributed by atoms with Crippen molar-refractivity contribution in [1.29, 1.82) is 0 Å². The zero-order chi connectivity index (χ0) is 15.6. The van der Waals surface area contributed by atoms with Crippen molar-refractivity contribution in [2.24, 2.45) is 5.73 Å². The molecule has 2 unspecified atom stereocenters. The van der Waals surface area contributed by atoms with E-state index in [1.165, 1.54) is 12.1 Å². The molecule has 2 aromatic rings. The van der Waals surface area contributed by atoms with Crippen LogP contribution in [0.3, 0.4) is 0 Å². The smallest absolute Gasteiger partial charge is 0.129 e. The van der Waals surface area contributed by atoms with Crippen LogP contribution in [-0.2, 0) is 0 Å². The van der Waals surface area contributed by atoms with Crippen molar-refractivity contribution < 1.29 is 9.50 Å². The number of halogens is 4. The van der Waals surface area contributed by atoms with Gasteiger partial charge in [0.05, 0.1) is 6.10 Å². The molecule has 0 aliphatic heterocycles. The van der Waals surface area contributed by atoms with Crippen LogP contribution in [0.1, 0.15) is 23.1 Å². The van der Waals surface area contributed by atoms with Crippen LogP contribution < -0.4 is 5.73 Å². The summed E-state index contributed by atoms with van der Waals surface area (Å²) in [6.45, 7) is 0.120. The highest BCUT2D eigenvalue weighted by Gasteiger charge is 2.26. The van der Waals surface area contributed by atoms with Gasteiger partial charge in [0, 0.05) is 32.5 Å². The Balaban J connectivity index is 2.43. The molecule has 3 N–H and O–H groups in total. The lowest BCUT2D eigenvalue weighted by molar-refractivity contribution is 0.143. The third kappa shape index (κ3) is 3.76. The molecule has 0 radical (unpaired) electrons. The first-order valence-electron chi connectivity index (χ1n) is 6.22. The average molecular weight is 393 g/mol. The Morgan fingerprint density at radius 1 is 1.14 bits per heavy atom. The molecule has 6 heteroatoms. The molecular weight excluding hydrogens is 380 g/mol. The quantitative estimate of drug-likeness (QED) is 0.793. The third-order valence-electron chi connectivity index (χ3n) is 3.27. The fourth-order valence-electron chi connectivity index (χ4n) is 2.19. The first-order chi connectivity index (χ1) is 9.93. The molecule has 112 valence electrons. The Labute approximate surface area is 140 Å². The summed E-state index contributed by atoms with van der Waals surface area (Å²) >= 11 is 15.3. The van der Waals surface area contributed by atoms with E-state index < -0.39 is 17.8 Å². The second-order valence-corrected chi connectivity index (χ2v) is 6.38. The summed E-state index contributed by atoms with van der Waals surface area (Å²) in [4.78, 5) is 0. The molecule has 0 aliphatic rings. The van der Waals surface area contributed by atoms with Gasteiger partial charge in [0.15, 0.2) is 0 Å². The first kappa shape index (κ1) is 16.7.